The number of aryl methyl sites for hydroxylation is 1. The maximum Gasteiger partial charge on any atom is 0.227 e. The summed E-state index contributed by atoms with van der Waals surface area (Å²) in [5, 5.41) is 3.13. The van der Waals surface area contributed by atoms with E-state index in [0.717, 1.165) is 37.2 Å². The molecule has 0 aromatic heterocycles. The first-order valence-electron chi connectivity index (χ1n) is 10.2. The summed E-state index contributed by atoms with van der Waals surface area (Å²) in [6, 6.07) is 7.18. The van der Waals surface area contributed by atoms with Gasteiger partial charge in [-0.15, -0.1) is 0 Å². The van der Waals surface area contributed by atoms with Crippen LogP contribution in [-0.4, -0.2) is 56.2 Å². The van der Waals surface area contributed by atoms with E-state index < -0.39 is 0 Å². The van der Waals surface area contributed by atoms with Gasteiger partial charge in [-0.05, 0) is 75.9 Å². The molecule has 3 aliphatic rings. The molecule has 1 aromatic rings. The van der Waals surface area contributed by atoms with Crippen molar-refractivity contribution in [1.29, 1.82) is 0 Å². The molecule has 3 heterocycles. The van der Waals surface area contributed by atoms with E-state index in [1.807, 2.05) is 0 Å². The Morgan fingerprint density at radius 2 is 1.88 bits per heavy atom. The summed E-state index contributed by atoms with van der Waals surface area (Å²) >= 11 is 0. The van der Waals surface area contributed by atoms with Crippen LogP contribution in [0.4, 0.5) is 11.4 Å². The van der Waals surface area contributed by atoms with Gasteiger partial charge >= 0.3 is 0 Å². The van der Waals surface area contributed by atoms with Gasteiger partial charge in [-0.3, -0.25) is 9.69 Å². The lowest BCUT2D eigenvalue weighted by atomic mass is 9.99. The van der Waals surface area contributed by atoms with Crippen LogP contribution in [0, 0.1) is 12.8 Å². The van der Waals surface area contributed by atoms with Crippen molar-refractivity contribution >= 4 is 17.3 Å². The minimum absolute atomic E-state index is 0.0858. The highest BCUT2D eigenvalue weighted by Crippen LogP contribution is 2.29. The van der Waals surface area contributed by atoms with Crippen molar-refractivity contribution in [3.05, 3.63) is 23.8 Å². The summed E-state index contributed by atoms with van der Waals surface area (Å²) in [6.45, 7) is 8.30. The van der Waals surface area contributed by atoms with Crippen molar-refractivity contribution in [3.63, 3.8) is 0 Å². The molecule has 0 unspecified atom stereocenters. The van der Waals surface area contributed by atoms with E-state index in [9.17, 15) is 4.79 Å². The molecule has 0 bridgehead atoms. The highest BCUT2D eigenvalue weighted by Gasteiger charge is 2.29. The summed E-state index contributed by atoms with van der Waals surface area (Å²) in [7, 11) is 0. The number of hydrogen-bond acceptors (Lipinski definition) is 4. The molecule has 26 heavy (non-hydrogen) atoms. The Balaban J connectivity index is 1.37. The molecular weight excluding hydrogens is 326 g/mol. The molecule has 5 nitrogen and oxygen atoms in total. The topological polar surface area (TPSA) is 44.8 Å². The zero-order valence-corrected chi connectivity index (χ0v) is 15.9. The zero-order valence-electron chi connectivity index (χ0n) is 15.9. The van der Waals surface area contributed by atoms with Crippen LogP contribution < -0.4 is 10.2 Å². The number of anilines is 2. The number of amides is 1. The Bertz CT molecular complexity index is 636. The van der Waals surface area contributed by atoms with E-state index >= 15 is 0 Å². The Hall–Kier alpha value is -1.59. The number of hydrogen-bond donors (Lipinski definition) is 1. The third kappa shape index (κ3) is 3.89. The molecule has 3 aliphatic heterocycles. The monoisotopic (exact) mass is 357 g/mol. The Morgan fingerprint density at radius 3 is 2.62 bits per heavy atom. The molecular formula is C21H31N3O2. The van der Waals surface area contributed by atoms with E-state index in [2.05, 4.69) is 40.2 Å². The number of benzene rings is 1. The molecule has 1 N–H and O–H groups in total. The van der Waals surface area contributed by atoms with Gasteiger partial charge in [-0.2, -0.15) is 0 Å². The van der Waals surface area contributed by atoms with E-state index in [4.69, 9.17) is 4.74 Å². The van der Waals surface area contributed by atoms with Gasteiger partial charge in [0, 0.05) is 49.6 Å². The normalized spacial score (nSPS) is 25.0. The molecule has 4 rings (SSSR count). The predicted molar refractivity (Wildman–Crippen MR) is 105 cm³/mol. The Morgan fingerprint density at radius 1 is 1.12 bits per heavy atom. The lowest BCUT2D eigenvalue weighted by molar-refractivity contribution is -0.122. The highest BCUT2D eigenvalue weighted by molar-refractivity contribution is 5.93. The highest BCUT2D eigenvalue weighted by atomic mass is 16.5. The second-order valence-corrected chi connectivity index (χ2v) is 8.01. The molecule has 3 saturated heterocycles. The fourth-order valence-corrected chi connectivity index (χ4v) is 4.56. The second kappa shape index (κ2) is 7.97. The zero-order chi connectivity index (χ0) is 17.9. The van der Waals surface area contributed by atoms with Crippen molar-refractivity contribution in [2.24, 2.45) is 5.92 Å². The lowest BCUT2D eigenvalue weighted by Crippen LogP contribution is -2.35. The quantitative estimate of drug-likeness (QED) is 0.900. The molecule has 0 spiro atoms. The molecule has 3 fully saturated rings. The number of nitrogens with zero attached hydrogens (tertiary/aromatic N) is 2. The third-order valence-electron chi connectivity index (χ3n) is 6.25. The van der Waals surface area contributed by atoms with Crippen molar-refractivity contribution in [2.75, 3.05) is 49.6 Å². The average molecular weight is 357 g/mol. The molecule has 1 amide bonds. The molecule has 1 atom stereocenters. The Labute approximate surface area is 156 Å². The van der Waals surface area contributed by atoms with E-state index in [0.29, 0.717) is 19.3 Å². The molecule has 1 aromatic carbocycles. The maximum absolute atomic E-state index is 12.5. The van der Waals surface area contributed by atoms with Crippen molar-refractivity contribution in [3.8, 4) is 0 Å². The number of rotatable bonds is 4. The van der Waals surface area contributed by atoms with Crippen LogP contribution in [0.15, 0.2) is 18.2 Å². The summed E-state index contributed by atoms with van der Waals surface area (Å²) in [6.07, 6.45) is 5.64. The lowest BCUT2D eigenvalue weighted by Gasteiger charge is -2.25. The minimum atomic E-state index is 0.0858. The minimum Gasteiger partial charge on any atom is -0.381 e. The van der Waals surface area contributed by atoms with Crippen LogP contribution in [-0.2, 0) is 9.53 Å². The van der Waals surface area contributed by atoms with Crippen LogP contribution in [0.25, 0.3) is 0 Å². The van der Waals surface area contributed by atoms with Crippen LogP contribution in [0.1, 0.15) is 37.7 Å². The molecule has 0 saturated carbocycles. The second-order valence-electron chi connectivity index (χ2n) is 8.01. The molecule has 142 valence electrons. The van der Waals surface area contributed by atoms with Gasteiger partial charge in [0.2, 0.25) is 5.91 Å². The number of carbonyl (C=O) groups is 1. The summed E-state index contributed by atoms with van der Waals surface area (Å²) in [4.78, 5) is 17.6. The van der Waals surface area contributed by atoms with Gasteiger partial charge in [0.25, 0.3) is 0 Å². The maximum atomic E-state index is 12.5. The third-order valence-corrected chi connectivity index (χ3v) is 6.25. The SMILES string of the molecule is Cc1cc(N2CC[C@H](N3CCCC3)C2)ccc1NC(=O)C1CCOCC1. The van der Waals surface area contributed by atoms with Crippen molar-refractivity contribution in [1.82, 2.24) is 4.90 Å². The first-order chi connectivity index (χ1) is 12.7. The van der Waals surface area contributed by atoms with Crippen molar-refractivity contribution in [2.45, 2.75) is 45.1 Å². The first-order valence-corrected chi connectivity index (χ1v) is 10.2. The number of nitrogens with one attached hydrogen (secondary N) is 1. The molecule has 0 aliphatic carbocycles. The summed E-state index contributed by atoms with van der Waals surface area (Å²) in [5.74, 6) is 0.224. The largest absolute Gasteiger partial charge is 0.381 e. The first kappa shape index (κ1) is 17.8. The Kier molecular flexibility index (Phi) is 5.46. The molecule has 5 heteroatoms. The van der Waals surface area contributed by atoms with Gasteiger partial charge in [0.05, 0.1) is 0 Å². The van der Waals surface area contributed by atoms with Crippen molar-refractivity contribution < 1.29 is 9.53 Å². The van der Waals surface area contributed by atoms with E-state index in [1.165, 1.54) is 38.0 Å². The average Bonchev–Trinajstić information content (AvgIpc) is 3.35. The van der Waals surface area contributed by atoms with Gasteiger partial charge in [0.1, 0.15) is 0 Å². The smallest absolute Gasteiger partial charge is 0.227 e. The number of likely N-dealkylation sites (tertiary alicyclic amines) is 1. The predicted octanol–water partition coefficient (Wildman–Crippen LogP) is 3.03. The number of ether oxygens (including phenoxy) is 1. The summed E-state index contributed by atoms with van der Waals surface area (Å²) < 4.78 is 5.35. The van der Waals surface area contributed by atoms with Gasteiger partial charge in [-0.1, -0.05) is 0 Å². The standard InChI is InChI=1S/C21H31N3O2/c1-16-14-18(24-11-6-19(15-24)23-9-2-3-10-23)4-5-20(16)22-21(25)17-7-12-26-13-8-17/h4-5,14,17,19H,2-3,6-13,15H2,1H3,(H,22,25)/t19-/m0/s1. The van der Waals surface area contributed by atoms with Gasteiger partial charge < -0.3 is 15.0 Å². The fourth-order valence-electron chi connectivity index (χ4n) is 4.56. The van der Waals surface area contributed by atoms with Crippen LogP contribution >= 0.6 is 0 Å². The van der Waals surface area contributed by atoms with Gasteiger partial charge in [0.15, 0.2) is 0 Å². The van der Waals surface area contributed by atoms with Crippen LogP contribution in [0.2, 0.25) is 0 Å². The fraction of sp³-hybridized carbons (Fsp3) is 0.667. The van der Waals surface area contributed by atoms with Crippen LogP contribution in [0.5, 0.6) is 0 Å². The van der Waals surface area contributed by atoms with E-state index in [-0.39, 0.29) is 11.8 Å². The number of carbonyl (C=O) groups excluding carboxylic acids is 1. The van der Waals surface area contributed by atoms with Gasteiger partial charge in [-0.25, -0.2) is 0 Å². The van der Waals surface area contributed by atoms with E-state index in [1.54, 1.807) is 0 Å². The molecule has 0 radical (unpaired) electrons. The van der Waals surface area contributed by atoms with Crippen LogP contribution in [0.3, 0.4) is 0 Å². The summed E-state index contributed by atoms with van der Waals surface area (Å²) in [5.41, 5.74) is 3.38.